The fourth-order valence-electron chi connectivity index (χ4n) is 4.63. The number of para-hydroxylation sites is 1. The molecule has 10 heteroatoms. The Balaban J connectivity index is 1.19. The second-order valence-electron chi connectivity index (χ2n) is 9.55. The standard InChI is InChI=1S/C29H23ClIN5O3/c1-17-33-26(35-39-17)25-24(30)22-7-2-3-8-23(22)36(25)21-11-9-18(10-12-21)16-32-28(38)29(13-14-29)34-27(37)19-5-4-6-20(31)15-19/h2-12,15H,13-14,16H2,1H3,(H,32,38)(H,34,37). The number of hydrogen-bond donors (Lipinski definition) is 2. The highest BCUT2D eigenvalue weighted by Crippen LogP contribution is 2.39. The zero-order chi connectivity index (χ0) is 27.1. The molecular formula is C29H23ClIN5O3. The molecular weight excluding hydrogens is 629 g/mol. The molecule has 1 aliphatic carbocycles. The summed E-state index contributed by atoms with van der Waals surface area (Å²) in [4.78, 5) is 30.1. The smallest absolute Gasteiger partial charge is 0.252 e. The molecule has 196 valence electrons. The van der Waals surface area contributed by atoms with Crippen molar-refractivity contribution in [3.63, 3.8) is 0 Å². The Morgan fingerprint density at radius 1 is 1.08 bits per heavy atom. The molecule has 2 aromatic heterocycles. The van der Waals surface area contributed by atoms with E-state index in [1.807, 2.05) is 65.2 Å². The predicted molar refractivity (Wildman–Crippen MR) is 157 cm³/mol. The summed E-state index contributed by atoms with van der Waals surface area (Å²) >= 11 is 8.95. The summed E-state index contributed by atoms with van der Waals surface area (Å²) in [6.45, 7) is 2.07. The van der Waals surface area contributed by atoms with Crippen molar-refractivity contribution >= 4 is 56.9 Å². The third-order valence-corrected chi connectivity index (χ3v) is 7.88. The zero-order valence-electron chi connectivity index (χ0n) is 20.9. The van der Waals surface area contributed by atoms with Crippen LogP contribution in [0.25, 0.3) is 28.1 Å². The topological polar surface area (TPSA) is 102 Å². The highest BCUT2D eigenvalue weighted by atomic mass is 127. The Bertz CT molecular complexity index is 1720. The van der Waals surface area contributed by atoms with Crippen molar-refractivity contribution in [2.45, 2.75) is 31.8 Å². The first-order valence-electron chi connectivity index (χ1n) is 12.4. The SMILES string of the molecule is Cc1nc(-c2c(Cl)c3ccccc3n2-c2ccc(CNC(=O)C3(NC(=O)c4cccc(I)c4)CC3)cc2)no1. The van der Waals surface area contributed by atoms with Crippen LogP contribution < -0.4 is 10.6 Å². The van der Waals surface area contributed by atoms with Crippen LogP contribution in [-0.2, 0) is 11.3 Å². The van der Waals surface area contributed by atoms with E-state index in [9.17, 15) is 9.59 Å². The molecule has 1 fully saturated rings. The number of rotatable bonds is 7. The molecule has 39 heavy (non-hydrogen) atoms. The van der Waals surface area contributed by atoms with Crippen molar-refractivity contribution in [1.82, 2.24) is 25.3 Å². The summed E-state index contributed by atoms with van der Waals surface area (Å²) < 4.78 is 8.19. The van der Waals surface area contributed by atoms with Crippen LogP contribution in [0.1, 0.15) is 34.7 Å². The lowest BCUT2D eigenvalue weighted by atomic mass is 10.1. The van der Waals surface area contributed by atoms with Gasteiger partial charge in [0.1, 0.15) is 11.2 Å². The Hall–Kier alpha value is -3.70. The molecule has 2 heterocycles. The zero-order valence-corrected chi connectivity index (χ0v) is 23.8. The Morgan fingerprint density at radius 3 is 2.54 bits per heavy atom. The predicted octanol–water partition coefficient (Wildman–Crippen LogP) is 5.83. The van der Waals surface area contributed by atoms with E-state index in [1.54, 1.807) is 19.1 Å². The number of aromatic nitrogens is 3. The molecule has 2 N–H and O–H groups in total. The van der Waals surface area contributed by atoms with Gasteiger partial charge in [0.05, 0.1) is 10.5 Å². The first-order chi connectivity index (χ1) is 18.8. The molecule has 0 atom stereocenters. The number of halogens is 2. The molecule has 1 aliphatic rings. The molecule has 0 aliphatic heterocycles. The van der Waals surface area contributed by atoms with Gasteiger partial charge >= 0.3 is 0 Å². The van der Waals surface area contributed by atoms with E-state index in [0.717, 1.165) is 25.7 Å². The van der Waals surface area contributed by atoms with E-state index in [2.05, 4.69) is 43.4 Å². The van der Waals surface area contributed by atoms with Crippen molar-refractivity contribution in [1.29, 1.82) is 0 Å². The van der Waals surface area contributed by atoms with Gasteiger partial charge in [-0.25, -0.2) is 0 Å². The first kappa shape index (κ1) is 25.6. The molecule has 0 spiro atoms. The summed E-state index contributed by atoms with van der Waals surface area (Å²) in [6.07, 6.45) is 1.24. The number of amides is 2. The Labute approximate surface area is 242 Å². The molecule has 2 amide bonds. The number of nitrogens with one attached hydrogen (secondary N) is 2. The van der Waals surface area contributed by atoms with Gasteiger partial charge in [-0.15, -0.1) is 0 Å². The number of nitrogens with zero attached hydrogens (tertiary/aromatic N) is 3. The van der Waals surface area contributed by atoms with E-state index in [1.165, 1.54) is 0 Å². The van der Waals surface area contributed by atoms with Crippen molar-refractivity contribution < 1.29 is 14.1 Å². The maximum absolute atomic E-state index is 13.0. The summed E-state index contributed by atoms with van der Waals surface area (Å²) in [6, 6.07) is 23.0. The summed E-state index contributed by atoms with van der Waals surface area (Å²) in [5.74, 6) is 0.443. The van der Waals surface area contributed by atoms with Crippen LogP contribution >= 0.6 is 34.2 Å². The molecule has 8 nitrogen and oxygen atoms in total. The molecule has 6 rings (SSSR count). The van der Waals surface area contributed by atoms with Gasteiger partial charge in [0.25, 0.3) is 5.91 Å². The number of carbonyl (C=O) groups is 2. The van der Waals surface area contributed by atoms with Gasteiger partial charge in [-0.3, -0.25) is 9.59 Å². The fourth-order valence-corrected chi connectivity index (χ4v) is 5.50. The van der Waals surface area contributed by atoms with Gasteiger partial charge in [0.15, 0.2) is 0 Å². The van der Waals surface area contributed by atoms with Crippen LogP contribution in [0.3, 0.4) is 0 Å². The number of carbonyl (C=O) groups excluding carboxylic acids is 2. The maximum Gasteiger partial charge on any atom is 0.252 e. The third-order valence-electron chi connectivity index (χ3n) is 6.82. The average molecular weight is 652 g/mol. The normalized spacial score (nSPS) is 13.8. The van der Waals surface area contributed by atoms with Gasteiger partial charge in [-0.2, -0.15) is 4.98 Å². The van der Waals surface area contributed by atoms with Crippen LogP contribution in [0.4, 0.5) is 0 Å². The van der Waals surface area contributed by atoms with Crippen molar-refractivity contribution in [2.24, 2.45) is 0 Å². The molecule has 5 aromatic rings. The fraction of sp³-hybridized carbons (Fsp3) is 0.172. The second-order valence-corrected chi connectivity index (χ2v) is 11.2. The quantitative estimate of drug-likeness (QED) is 0.216. The maximum atomic E-state index is 13.0. The largest absolute Gasteiger partial charge is 0.350 e. The Morgan fingerprint density at radius 2 is 1.85 bits per heavy atom. The lowest BCUT2D eigenvalue weighted by molar-refractivity contribution is -0.124. The minimum Gasteiger partial charge on any atom is -0.350 e. The summed E-state index contributed by atoms with van der Waals surface area (Å²) in [7, 11) is 0. The van der Waals surface area contributed by atoms with Crippen LogP contribution in [0, 0.1) is 10.5 Å². The summed E-state index contributed by atoms with van der Waals surface area (Å²) in [5.41, 5.74) is 3.05. The lowest BCUT2D eigenvalue weighted by Gasteiger charge is -2.17. The van der Waals surface area contributed by atoms with E-state index >= 15 is 0 Å². The summed E-state index contributed by atoms with van der Waals surface area (Å²) in [5, 5.41) is 11.4. The molecule has 0 saturated heterocycles. The van der Waals surface area contributed by atoms with Crippen molar-refractivity contribution in [3.8, 4) is 17.2 Å². The van der Waals surface area contributed by atoms with Crippen molar-refractivity contribution in [2.75, 3.05) is 0 Å². The third kappa shape index (κ3) is 4.92. The van der Waals surface area contributed by atoms with Crippen LogP contribution in [-0.4, -0.2) is 32.1 Å². The average Bonchev–Trinajstić information content (AvgIpc) is 3.51. The highest BCUT2D eigenvalue weighted by Gasteiger charge is 2.51. The molecule has 3 aromatic carbocycles. The number of hydrogen-bond acceptors (Lipinski definition) is 5. The monoisotopic (exact) mass is 651 g/mol. The van der Waals surface area contributed by atoms with Crippen LogP contribution in [0.15, 0.2) is 77.3 Å². The second kappa shape index (κ2) is 10.1. The molecule has 1 saturated carbocycles. The van der Waals surface area contributed by atoms with Gasteiger partial charge in [0.2, 0.25) is 17.6 Å². The van der Waals surface area contributed by atoms with E-state index in [-0.39, 0.29) is 11.8 Å². The van der Waals surface area contributed by atoms with E-state index in [0.29, 0.717) is 47.4 Å². The first-order valence-corrected chi connectivity index (χ1v) is 13.9. The highest BCUT2D eigenvalue weighted by molar-refractivity contribution is 14.1. The van der Waals surface area contributed by atoms with Crippen LogP contribution in [0.2, 0.25) is 5.02 Å². The van der Waals surface area contributed by atoms with Crippen molar-refractivity contribution in [3.05, 3.63) is 98.4 Å². The van der Waals surface area contributed by atoms with Gasteiger partial charge in [-0.05, 0) is 77.4 Å². The lowest BCUT2D eigenvalue weighted by Crippen LogP contribution is -2.48. The molecule has 0 bridgehead atoms. The number of aryl methyl sites for hydroxylation is 1. The van der Waals surface area contributed by atoms with Gasteiger partial charge < -0.3 is 19.7 Å². The number of fused-ring (bicyclic) bond motifs is 1. The number of benzene rings is 3. The van der Waals surface area contributed by atoms with Gasteiger partial charge in [-0.1, -0.05) is 53.2 Å². The molecule has 0 unspecified atom stereocenters. The molecule has 0 radical (unpaired) electrons. The minimum atomic E-state index is -0.850. The minimum absolute atomic E-state index is 0.177. The Kier molecular flexibility index (Phi) is 6.64. The van der Waals surface area contributed by atoms with Gasteiger partial charge in [0, 0.05) is 33.7 Å². The van der Waals surface area contributed by atoms with Crippen LogP contribution in [0.5, 0.6) is 0 Å². The van der Waals surface area contributed by atoms with E-state index in [4.69, 9.17) is 16.1 Å². The van der Waals surface area contributed by atoms with E-state index < -0.39 is 5.54 Å².